The largest absolute Gasteiger partial charge is 0.493 e. The fourth-order valence-electron chi connectivity index (χ4n) is 2.19. The predicted octanol–water partition coefficient (Wildman–Crippen LogP) is 1.74. The number of rotatable bonds is 4. The van der Waals surface area contributed by atoms with E-state index >= 15 is 0 Å². The molecule has 1 aromatic rings. The SMILES string of the molecule is CS(=O)(=O)N1CCCC(COc2ccccc2)C1. The monoisotopic (exact) mass is 269 g/mol. The molecule has 5 heteroatoms. The van der Waals surface area contributed by atoms with Gasteiger partial charge in [0.2, 0.25) is 10.0 Å². The van der Waals surface area contributed by atoms with E-state index in [2.05, 4.69) is 0 Å². The Morgan fingerprint density at radius 3 is 2.72 bits per heavy atom. The summed E-state index contributed by atoms with van der Waals surface area (Å²) in [5.41, 5.74) is 0. The number of para-hydroxylation sites is 1. The van der Waals surface area contributed by atoms with E-state index in [-0.39, 0.29) is 5.92 Å². The lowest BCUT2D eigenvalue weighted by Crippen LogP contribution is -2.40. The number of hydrogen-bond donors (Lipinski definition) is 0. The molecule has 18 heavy (non-hydrogen) atoms. The first kappa shape index (κ1) is 13.4. The van der Waals surface area contributed by atoms with E-state index < -0.39 is 10.0 Å². The van der Waals surface area contributed by atoms with Crippen molar-refractivity contribution < 1.29 is 13.2 Å². The molecule has 2 rings (SSSR count). The van der Waals surface area contributed by atoms with Crippen LogP contribution in [0.25, 0.3) is 0 Å². The van der Waals surface area contributed by atoms with Crippen LogP contribution in [0.3, 0.4) is 0 Å². The Kier molecular flexibility index (Phi) is 4.24. The van der Waals surface area contributed by atoms with Crippen LogP contribution in [0, 0.1) is 5.92 Å². The van der Waals surface area contributed by atoms with Crippen molar-refractivity contribution in [2.24, 2.45) is 5.92 Å². The second-order valence-electron chi connectivity index (χ2n) is 4.75. The molecular weight excluding hydrogens is 250 g/mol. The summed E-state index contributed by atoms with van der Waals surface area (Å²) >= 11 is 0. The van der Waals surface area contributed by atoms with Crippen molar-refractivity contribution in [3.8, 4) is 5.75 Å². The van der Waals surface area contributed by atoms with Gasteiger partial charge >= 0.3 is 0 Å². The Labute approximate surface area is 109 Å². The molecule has 1 fully saturated rings. The lowest BCUT2D eigenvalue weighted by molar-refractivity contribution is 0.181. The van der Waals surface area contributed by atoms with Gasteiger partial charge in [0.15, 0.2) is 0 Å². The molecule has 1 saturated heterocycles. The Morgan fingerprint density at radius 2 is 2.06 bits per heavy atom. The van der Waals surface area contributed by atoms with Gasteiger partial charge < -0.3 is 4.74 Å². The fraction of sp³-hybridized carbons (Fsp3) is 0.538. The van der Waals surface area contributed by atoms with Crippen LogP contribution in [0.1, 0.15) is 12.8 Å². The maximum absolute atomic E-state index is 11.5. The van der Waals surface area contributed by atoms with E-state index in [1.165, 1.54) is 6.26 Å². The molecule has 0 spiro atoms. The lowest BCUT2D eigenvalue weighted by atomic mass is 10.0. The van der Waals surface area contributed by atoms with Crippen molar-refractivity contribution in [3.63, 3.8) is 0 Å². The van der Waals surface area contributed by atoms with Crippen molar-refractivity contribution in [2.75, 3.05) is 26.0 Å². The van der Waals surface area contributed by atoms with Crippen LogP contribution in [-0.4, -0.2) is 38.7 Å². The number of benzene rings is 1. The average Bonchev–Trinajstić information content (AvgIpc) is 2.37. The molecule has 0 N–H and O–H groups in total. The summed E-state index contributed by atoms with van der Waals surface area (Å²) < 4.78 is 30.2. The first-order chi connectivity index (χ1) is 8.55. The van der Waals surface area contributed by atoms with E-state index in [1.807, 2.05) is 30.3 Å². The molecule has 0 aromatic heterocycles. The summed E-state index contributed by atoms with van der Waals surface area (Å²) in [6.45, 7) is 1.79. The Bertz CT molecular complexity index is 472. The molecule has 1 aliphatic heterocycles. The van der Waals surface area contributed by atoms with Crippen molar-refractivity contribution in [1.82, 2.24) is 4.31 Å². The van der Waals surface area contributed by atoms with Crippen molar-refractivity contribution in [3.05, 3.63) is 30.3 Å². The van der Waals surface area contributed by atoms with E-state index in [9.17, 15) is 8.42 Å². The third-order valence-electron chi connectivity index (χ3n) is 3.18. The zero-order chi connectivity index (χ0) is 13.0. The van der Waals surface area contributed by atoms with Gasteiger partial charge in [-0.15, -0.1) is 0 Å². The molecule has 1 heterocycles. The van der Waals surface area contributed by atoms with Gasteiger partial charge in [0.05, 0.1) is 12.9 Å². The molecule has 0 bridgehead atoms. The molecule has 1 aliphatic rings. The van der Waals surface area contributed by atoms with Gasteiger partial charge in [-0.1, -0.05) is 18.2 Å². The standard InChI is InChI=1S/C13H19NO3S/c1-18(15,16)14-9-5-6-12(10-14)11-17-13-7-3-2-4-8-13/h2-4,7-8,12H,5-6,9-11H2,1H3. The highest BCUT2D eigenvalue weighted by atomic mass is 32.2. The summed E-state index contributed by atoms with van der Waals surface area (Å²) in [6, 6.07) is 9.63. The van der Waals surface area contributed by atoms with Crippen LogP contribution in [0.5, 0.6) is 5.75 Å². The third-order valence-corrected chi connectivity index (χ3v) is 4.45. The van der Waals surface area contributed by atoms with Crippen molar-refractivity contribution in [2.45, 2.75) is 12.8 Å². The van der Waals surface area contributed by atoms with E-state index in [0.717, 1.165) is 18.6 Å². The highest BCUT2D eigenvalue weighted by Crippen LogP contribution is 2.20. The second-order valence-corrected chi connectivity index (χ2v) is 6.74. The van der Waals surface area contributed by atoms with Gasteiger partial charge in [-0.2, -0.15) is 0 Å². The first-order valence-electron chi connectivity index (χ1n) is 6.18. The van der Waals surface area contributed by atoms with Crippen LogP contribution in [0.2, 0.25) is 0 Å². The second kappa shape index (κ2) is 5.71. The van der Waals surface area contributed by atoms with E-state index in [0.29, 0.717) is 19.7 Å². The number of ether oxygens (including phenoxy) is 1. The summed E-state index contributed by atoms with van der Waals surface area (Å²) in [5.74, 6) is 1.13. The number of hydrogen-bond acceptors (Lipinski definition) is 3. The molecule has 0 radical (unpaired) electrons. The molecule has 4 nitrogen and oxygen atoms in total. The molecule has 100 valence electrons. The van der Waals surface area contributed by atoms with Crippen LogP contribution in [0.4, 0.5) is 0 Å². The maximum Gasteiger partial charge on any atom is 0.211 e. The summed E-state index contributed by atoms with van der Waals surface area (Å²) in [7, 11) is -3.06. The highest BCUT2D eigenvalue weighted by molar-refractivity contribution is 7.88. The zero-order valence-corrected chi connectivity index (χ0v) is 11.4. The van der Waals surface area contributed by atoms with Crippen molar-refractivity contribution >= 4 is 10.0 Å². The summed E-state index contributed by atoms with van der Waals surface area (Å²) in [5, 5.41) is 0. The van der Waals surface area contributed by atoms with Gasteiger partial charge in [0.25, 0.3) is 0 Å². The molecule has 0 saturated carbocycles. The van der Waals surface area contributed by atoms with Crippen LogP contribution < -0.4 is 4.74 Å². The van der Waals surface area contributed by atoms with E-state index in [4.69, 9.17) is 4.74 Å². The minimum atomic E-state index is -3.06. The Balaban J connectivity index is 1.87. The smallest absolute Gasteiger partial charge is 0.211 e. The Morgan fingerprint density at radius 1 is 1.33 bits per heavy atom. The molecule has 1 unspecified atom stereocenters. The minimum absolute atomic E-state index is 0.286. The average molecular weight is 269 g/mol. The highest BCUT2D eigenvalue weighted by Gasteiger charge is 2.26. The van der Waals surface area contributed by atoms with Gasteiger partial charge in [-0.3, -0.25) is 0 Å². The van der Waals surface area contributed by atoms with Crippen molar-refractivity contribution in [1.29, 1.82) is 0 Å². The van der Waals surface area contributed by atoms with Gasteiger partial charge in [0, 0.05) is 19.0 Å². The fourth-order valence-corrected chi connectivity index (χ4v) is 3.14. The normalized spacial score (nSPS) is 21.7. The van der Waals surface area contributed by atoms with Crippen LogP contribution >= 0.6 is 0 Å². The zero-order valence-electron chi connectivity index (χ0n) is 10.6. The van der Waals surface area contributed by atoms with Crippen LogP contribution in [0.15, 0.2) is 30.3 Å². The van der Waals surface area contributed by atoms with Gasteiger partial charge in [-0.25, -0.2) is 12.7 Å². The quantitative estimate of drug-likeness (QED) is 0.836. The molecule has 0 aliphatic carbocycles. The maximum atomic E-state index is 11.5. The third kappa shape index (κ3) is 3.71. The first-order valence-corrected chi connectivity index (χ1v) is 8.03. The minimum Gasteiger partial charge on any atom is -0.493 e. The topological polar surface area (TPSA) is 46.6 Å². The lowest BCUT2D eigenvalue weighted by Gasteiger charge is -2.30. The predicted molar refractivity (Wildman–Crippen MR) is 71.1 cm³/mol. The van der Waals surface area contributed by atoms with Crippen LogP contribution in [-0.2, 0) is 10.0 Å². The summed E-state index contributed by atoms with van der Waals surface area (Å²) in [6.07, 6.45) is 3.21. The molecule has 1 aromatic carbocycles. The molecule has 1 atom stereocenters. The van der Waals surface area contributed by atoms with Gasteiger partial charge in [0.1, 0.15) is 5.75 Å². The van der Waals surface area contributed by atoms with Gasteiger partial charge in [-0.05, 0) is 25.0 Å². The number of nitrogens with zero attached hydrogens (tertiary/aromatic N) is 1. The molecule has 0 amide bonds. The summed E-state index contributed by atoms with van der Waals surface area (Å²) in [4.78, 5) is 0. The Hall–Kier alpha value is -1.07. The van der Waals surface area contributed by atoms with E-state index in [1.54, 1.807) is 4.31 Å². The number of piperidine rings is 1. The molecular formula is C13H19NO3S. The number of sulfonamides is 1.